The van der Waals surface area contributed by atoms with Crippen molar-refractivity contribution in [2.24, 2.45) is 0 Å². The molecule has 0 aromatic heterocycles. The highest BCUT2D eigenvalue weighted by molar-refractivity contribution is 6.36. The van der Waals surface area contributed by atoms with Gasteiger partial charge in [-0.25, -0.2) is 0 Å². The molecule has 0 saturated carbocycles. The zero-order valence-electron chi connectivity index (χ0n) is 18.0. The number of amides is 2. The van der Waals surface area contributed by atoms with Crippen molar-refractivity contribution in [2.75, 3.05) is 6.61 Å². The first-order valence-electron chi connectivity index (χ1n) is 9.83. The van der Waals surface area contributed by atoms with Crippen molar-refractivity contribution < 1.29 is 14.3 Å². The Morgan fingerprint density at radius 1 is 1.03 bits per heavy atom. The maximum Gasteiger partial charge on any atom is 0.261 e. The second kappa shape index (κ2) is 10.7. The number of benzene rings is 2. The molecule has 0 radical (unpaired) electrons. The van der Waals surface area contributed by atoms with Crippen molar-refractivity contribution in [3.8, 4) is 5.75 Å². The first-order chi connectivity index (χ1) is 14.1. The molecule has 30 heavy (non-hydrogen) atoms. The number of halogens is 2. The van der Waals surface area contributed by atoms with Crippen LogP contribution in [0.2, 0.25) is 10.0 Å². The maximum atomic E-state index is 13.1. The van der Waals surface area contributed by atoms with E-state index in [1.165, 1.54) is 4.90 Å². The molecule has 0 aliphatic heterocycles. The lowest BCUT2D eigenvalue weighted by Crippen LogP contribution is -2.50. The van der Waals surface area contributed by atoms with Crippen LogP contribution in [0.1, 0.15) is 37.5 Å². The minimum Gasteiger partial charge on any atom is -0.484 e. The van der Waals surface area contributed by atoms with Crippen LogP contribution in [-0.4, -0.2) is 35.4 Å². The summed E-state index contributed by atoms with van der Waals surface area (Å²) in [5.41, 5.74) is 2.80. The standard InChI is InChI=1S/C23H28Cl2N2O3/c1-14(2)26-23(29)17(5)27(12-19-20(24)7-6-8-21(19)25)22(28)13-30-18-10-9-15(3)16(4)11-18/h6-11,14,17H,12-13H2,1-5H3,(H,26,29)/t17-/m0/s1. The Morgan fingerprint density at radius 3 is 2.23 bits per heavy atom. The summed E-state index contributed by atoms with van der Waals surface area (Å²) in [5, 5.41) is 3.71. The van der Waals surface area contributed by atoms with Gasteiger partial charge >= 0.3 is 0 Å². The third kappa shape index (κ3) is 6.38. The Kier molecular flexibility index (Phi) is 8.56. The van der Waals surface area contributed by atoms with Crippen LogP contribution in [0.25, 0.3) is 0 Å². The Balaban J connectivity index is 2.23. The molecule has 0 aliphatic rings. The van der Waals surface area contributed by atoms with Crippen LogP contribution in [0.4, 0.5) is 0 Å². The van der Waals surface area contributed by atoms with E-state index >= 15 is 0 Å². The molecule has 0 fully saturated rings. The van der Waals surface area contributed by atoms with Crippen LogP contribution < -0.4 is 10.1 Å². The summed E-state index contributed by atoms with van der Waals surface area (Å²) in [6, 6.07) is 10.0. The highest BCUT2D eigenvalue weighted by Crippen LogP contribution is 2.26. The number of nitrogens with one attached hydrogen (secondary N) is 1. The Labute approximate surface area is 188 Å². The van der Waals surface area contributed by atoms with Crippen molar-refractivity contribution in [1.29, 1.82) is 0 Å². The summed E-state index contributed by atoms with van der Waals surface area (Å²) in [4.78, 5) is 27.1. The fraction of sp³-hybridized carbons (Fsp3) is 0.391. The van der Waals surface area contributed by atoms with Gasteiger partial charge in [0.1, 0.15) is 11.8 Å². The number of nitrogens with zero attached hydrogens (tertiary/aromatic N) is 1. The molecular weight excluding hydrogens is 423 g/mol. The summed E-state index contributed by atoms with van der Waals surface area (Å²) in [5.74, 6) is 0.00443. The van der Waals surface area contributed by atoms with Gasteiger partial charge in [-0.1, -0.05) is 35.3 Å². The number of aryl methyl sites for hydroxylation is 2. The molecule has 0 spiro atoms. The highest BCUT2D eigenvalue weighted by Gasteiger charge is 2.28. The Morgan fingerprint density at radius 2 is 1.67 bits per heavy atom. The molecule has 0 aliphatic carbocycles. The highest BCUT2D eigenvalue weighted by atomic mass is 35.5. The van der Waals surface area contributed by atoms with E-state index in [4.69, 9.17) is 27.9 Å². The molecule has 1 N–H and O–H groups in total. The van der Waals surface area contributed by atoms with Gasteiger partial charge in [0.2, 0.25) is 5.91 Å². The average molecular weight is 451 g/mol. The smallest absolute Gasteiger partial charge is 0.261 e. The first kappa shape index (κ1) is 24.0. The second-order valence-electron chi connectivity index (χ2n) is 7.60. The molecule has 0 heterocycles. The van der Waals surface area contributed by atoms with Crippen molar-refractivity contribution in [1.82, 2.24) is 10.2 Å². The summed E-state index contributed by atoms with van der Waals surface area (Å²) < 4.78 is 5.70. The molecule has 2 amide bonds. The van der Waals surface area contributed by atoms with Crippen LogP contribution in [-0.2, 0) is 16.1 Å². The SMILES string of the molecule is Cc1ccc(OCC(=O)N(Cc2c(Cl)cccc2Cl)[C@@H](C)C(=O)NC(C)C)cc1C. The summed E-state index contributed by atoms with van der Waals surface area (Å²) in [6.07, 6.45) is 0. The lowest BCUT2D eigenvalue weighted by Gasteiger charge is -2.30. The van der Waals surface area contributed by atoms with Gasteiger partial charge in [-0.15, -0.1) is 0 Å². The van der Waals surface area contributed by atoms with E-state index in [0.29, 0.717) is 21.4 Å². The van der Waals surface area contributed by atoms with E-state index in [9.17, 15) is 9.59 Å². The fourth-order valence-corrected chi connectivity index (χ4v) is 3.39. The number of hydrogen-bond donors (Lipinski definition) is 1. The first-order valence-corrected chi connectivity index (χ1v) is 10.6. The van der Waals surface area contributed by atoms with Crippen molar-refractivity contribution in [3.63, 3.8) is 0 Å². The fourth-order valence-electron chi connectivity index (χ4n) is 2.87. The number of rotatable bonds is 8. The van der Waals surface area contributed by atoms with E-state index in [2.05, 4.69) is 5.32 Å². The third-order valence-corrected chi connectivity index (χ3v) is 5.54. The second-order valence-corrected chi connectivity index (χ2v) is 8.41. The van der Waals surface area contributed by atoms with Crippen LogP contribution in [0, 0.1) is 13.8 Å². The van der Waals surface area contributed by atoms with Crippen molar-refractivity contribution in [2.45, 2.75) is 53.2 Å². The van der Waals surface area contributed by atoms with Gasteiger partial charge in [-0.2, -0.15) is 0 Å². The lowest BCUT2D eigenvalue weighted by atomic mass is 10.1. The number of hydrogen-bond acceptors (Lipinski definition) is 3. The van der Waals surface area contributed by atoms with E-state index in [0.717, 1.165) is 11.1 Å². The Bertz CT molecular complexity index is 895. The number of ether oxygens (including phenoxy) is 1. The molecule has 0 saturated heterocycles. The summed E-state index contributed by atoms with van der Waals surface area (Å²) in [7, 11) is 0. The predicted octanol–water partition coefficient (Wildman–Crippen LogP) is 4.93. The van der Waals surface area contributed by atoms with Gasteiger partial charge in [-0.3, -0.25) is 9.59 Å². The van der Waals surface area contributed by atoms with Crippen molar-refractivity contribution >= 4 is 35.0 Å². The molecule has 0 bridgehead atoms. The molecule has 162 valence electrons. The van der Waals surface area contributed by atoms with Gasteiger partial charge in [0.25, 0.3) is 5.91 Å². The molecule has 2 aromatic rings. The molecular formula is C23H28Cl2N2O3. The van der Waals surface area contributed by atoms with Crippen LogP contribution in [0.5, 0.6) is 5.75 Å². The van der Waals surface area contributed by atoms with E-state index in [-0.39, 0.29) is 31.0 Å². The van der Waals surface area contributed by atoms with Crippen molar-refractivity contribution in [3.05, 3.63) is 63.1 Å². The number of carbonyl (C=O) groups is 2. The van der Waals surface area contributed by atoms with Crippen LogP contribution in [0.3, 0.4) is 0 Å². The number of carbonyl (C=O) groups excluding carboxylic acids is 2. The van der Waals surface area contributed by atoms with E-state index in [1.54, 1.807) is 25.1 Å². The lowest BCUT2D eigenvalue weighted by molar-refractivity contribution is -0.142. The monoisotopic (exact) mass is 450 g/mol. The minimum atomic E-state index is -0.726. The summed E-state index contributed by atoms with van der Waals surface area (Å²) in [6.45, 7) is 9.29. The largest absolute Gasteiger partial charge is 0.484 e. The topological polar surface area (TPSA) is 58.6 Å². The van der Waals surface area contributed by atoms with Crippen LogP contribution in [0.15, 0.2) is 36.4 Å². The minimum absolute atomic E-state index is 0.0485. The quantitative estimate of drug-likeness (QED) is 0.619. The van der Waals surface area contributed by atoms with Gasteiger partial charge in [-0.05, 0) is 70.0 Å². The van der Waals surface area contributed by atoms with Gasteiger partial charge < -0.3 is 15.0 Å². The van der Waals surface area contributed by atoms with Gasteiger partial charge in [0.05, 0.1) is 0 Å². The van der Waals surface area contributed by atoms with Crippen LogP contribution >= 0.6 is 23.2 Å². The predicted molar refractivity (Wildman–Crippen MR) is 121 cm³/mol. The maximum absolute atomic E-state index is 13.1. The molecule has 2 rings (SSSR count). The third-order valence-electron chi connectivity index (χ3n) is 4.83. The molecule has 2 aromatic carbocycles. The molecule has 7 heteroatoms. The molecule has 0 unspecified atom stereocenters. The van der Waals surface area contributed by atoms with Gasteiger partial charge in [0, 0.05) is 28.2 Å². The molecule has 5 nitrogen and oxygen atoms in total. The Hall–Kier alpha value is -2.24. The average Bonchev–Trinajstić information content (AvgIpc) is 2.67. The van der Waals surface area contributed by atoms with E-state index < -0.39 is 6.04 Å². The normalized spacial score (nSPS) is 11.9. The zero-order chi connectivity index (χ0) is 22.4. The summed E-state index contributed by atoms with van der Waals surface area (Å²) >= 11 is 12.6. The van der Waals surface area contributed by atoms with Gasteiger partial charge in [0.15, 0.2) is 6.61 Å². The molecule has 1 atom stereocenters. The zero-order valence-corrected chi connectivity index (χ0v) is 19.5. The van der Waals surface area contributed by atoms with E-state index in [1.807, 2.05) is 45.9 Å².